The SMILES string of the molecule is Cc1nc2ccc(-c3ccn4nc(N[C@H]5CC[C@@H](OC(F)F)CC5)ncc34)nc2n1CCF. The fourth-order valence-electron chi connectivity index (χ4n) is 4.47. The molecule has 1 aliphatic rings. The van der Waals surface area contributed by atoms with Crippen LogP contribution in [-0.4, -0.2) is 54.6 Å². The predicted molar refractivity (Wildman–Crippen MR) is 117 cm³/mol. The van der Waals surface area contributed by atoms with Crippen molar-refractivity contribution in [3.8, 4) is 11.3 Å². The summed E-state index contributed by atoms with van der Waals surface area (Å²) in [5.74, 6) is 1.20. The van der Waals surface area contributed by atoms with Gasteiger partial charge in [0.15, 0.2) is 5.65 Å². The van der Waals surface area contributed by atoms with E-state index in [1.807, 2.05) is 31.3 Å². The smallest absolute Gasteiger partial charge is 0.345 e. The molecule has 0 atom stereocenters. The third-order valence-corrected chi connectivity index (χ3v) is 6.09. The van der Waals surface area contributed by atoms with Gasteiger partial charge >= 0.3 is 6.61 Å². The molecule has 4 aromatic rings. The van der Waals surface area contributed by atoms with Gasteiger partial charge in [-0.3, -0.25) is 0 Å². The molecule has 4 heterocycles. The summed E-state index contributed by atoms with van der Waals surface area (Å²) in [5, 5.41) is 7.84. The summed E-state index contributed by atoms with van der Waals surface area (Å²) in [6, 6.07) is 5.79. The highest BCUT2D eigenvalue weighted by Crippen LogP contribution is 2.27. The molecule has 8 nitrogen and oxygen atoms in total. The minimum Gasteiger partial charge on any atom is -0.350 e. The zero-order valence-corrected chi connectivity index (χ0v) is 18.1. The summed E-state index contributed by atoms with van der Waals surface area (Å²) in [6.07, 6.45) is 5.74. The van der Waals surface area contributed by atoms with Gasteiger partial charge in [0.25, 0.3) is 0 Å². The van der Waals surface area contributed by atoms with E-state index in [0.717, 1.165) is 28.1 Å². The summed E-state index contributed by atoms with van der Waals surface area (Å²) in [5.41, 5.74) is 3.75. The number of alkyl halides is 3. The highest BCUT2D eigenvalue weighted by molar-refractivity contribution is 5.82. The molecule has 0 aliphatic heterocycles. The van der Waals surface area contributed by atoms with Crippen molar-refractivity contribution in [1.82, 2.24) is 29.1 Å². The molecule has 11 heteroatoms. The Labute approximate surface area is 187 Å². The van der Waals surface area contributed by atoms with Gasteiger partial charge < -0.3 is 14.6 Å². The average Bonchev–Trinajstić information content (AvgIpc) is 3.35. The lowest BCUT2D eigenvalue weighted by Crippen LogP contribution is -2.31. The molecule has 5 rings (SSSR count). The Morgan fingerprint density at radius 3 is 2.73 bits per heavy atom. The van der Waals surface area contributed by atoms with Gasteiger partial charge in [0.2, 0.25) is 5.95 Å². The molecule has 0 amide bonds. The molecule has 0 saturated heterocycles. The van der Waals surface area contributed by atoms with Crippen molar-refractivity contribution in [3.63, 3.8) is 0 Å². The number of imidazole rings is 1. The number of pyridine rings is 1. The minimum atomic E-state index is -2.73. The van der Waals surface area contributed by atoms with Crippen LogP contribution in [-0.2, 0) is 11.3 Å². The number of hydrogen-bond acceptors (Lipinski definition) is 6. The van der Waals surface area contributed by atoms with E-state index in [9.17, 15) is 13.2 Å². The van der Waals surface area contributed by atoms with Crippen molar-refractivity contribution >= 4 is 22.6 Å². The molecular weight excluding hydrogens is 435 g/mol. The fraction of sp³-hybridized carbons (Fsp3) is 0.455. The van der Waals surface area contributed by atoms with Gasteiger partial charge in [0.05, 0.1) is 30.1 Å². The third-order valence-electron chi connectivity index (χ3n) is 6.09. The molecule has 0 unspecified atom stereocenters. The summed E-state index contributed by atoms with van der Waals surface area (Å²) in [6.45, 7) is -1.16. The zero-order valence-electron chi connectivity index (χ0n) is 18.1. The molecule has 1 fully saturated rings. The van der Waals surface area contributed by atoms with Gasteiger partial charge in [-0.1, -0.05) is 0 Å². The van der Waals surface area contributed by atoms with Crippen LogP contribution < -0.4 is 5.32 Å². The molecule has 0 spiro atoms. The van der Waals surface area contributed by atoms with Crippen LogP contribution in [0, 0.1) is 6.92 Å². The van der Waals surface area contributed by atoms with Crippen LogP contribution in [0.5, 0.6) is 0 Å². The second-order valence-corrected chi connectivity index (χ2v) is 8.19. The first-order valence-corrected chi connectivity index (χ1v) is 11.0. The van der Waals surface area contributed by atoms with Crippen LogP contribution in [0.4, 0.5) is 19.1 Å². The Morgan fingerprint density at radius 2 is 1.97 bits per heavy atom. The van der Waals surface area contributed by atoms with E-state index >= 15 is 0 Å². The number of anilines is 1. The Morgan fingerprint density at radius 1 is 1.15 bits per heavy atom. The highest BCUT2D eigenvalue weighted by atomic mass is 19.3. The van der Waals surface area contributed by atoms with Gasteiger partial charge in [-0.15, -0.1) is 5.10 Å². The molecule has 0 bridgehead atoms. The van der Waals surface area contributed by atoms with Crippen molar-refractivity contribution in [1.29, 1.82) is 0 Å². The molecular formula is C22H24F3N7O. The number of aryl methyl sites for hydroxylation is 2. The lowest BCUT2D eigenvalue weighted by Gasteiger charge is -2.28. The quantitative estimate of drug-likeness (QED) is 0.442. The van der Waals surface area contributed by atoms with E-state index < -0.39 is 19.4 Å². The Balaban J connectivity index is 1.35. The Hall–Kier alpha value is -3.21. The normalized spacial score (nSPS) is 19.1. The van der Waals surface area contributed by atoms with Crippen molar-refractivity contribution in [2.45, 2.75) is 57.9 Å². The van der Waals surface area contributed by atoms with Gasteiger partial charge in [0.1, 0.15) is 18.0 Å². The maximum absolute atomic E-state index is 13.0. The van der Waals surface area contributed by atoms with Crippen LogP contribution >= 0.6 is 0 Å². The Kier molecular flexibility index (Phi) is 5.88. The van der Waals surface area contributed by atoms with Crippen molar-refractivity contribution < 1.29 is 17.9 Å². The first kappa shape index (κ1) is 21.6. The summed E-state index contributed by atoms with van der Waals surface area (Å²) in [4.78, 5) is 13.6. The maximum atomic E-state index is 13.0. The molecule has 1 N–H and O–H groups in total. The second-order valence-electron chi connectivity index (χ2n) is 8.19. The monoisotopic (exact) mass is 459 g/mol. The first-order valence-electron chi connectivity index (χ1n) is 11.0. The number of halogens is 3. The van der Waals surface area contributed by atoms with Crippen molar-refractivity contribution in [2.24, 2.45) is 0 Å². The molecule has 174 valence electrons. The largest absolute Gasteiger partial charge is 0.350 e. The van der Waals surface area contributed by atoms with Crippen LogP contribution in [0.15, 0.2) is 30.6 Å². The number of nitrogens with one attached hydrogen (secondary N) is 1. The number of fused-ring (bicyclic) bond motifs is 2. The molecule has 0 radical (unpaired) electrons. The third kappa shape index (κ3) is 4.37. The maximum Gasteiger partial charge on any atom is 0.345 e. The van der Waals surface area contributed by atoms with Crippen LogP contribution in [0.3, 0.4) is 0 Å². The molecule has 4 aromatic heterocycles. The molecule has 1 saturated carbocycles. The van der Waals surface area contributed by atoms with E-state index in [2.05, 4.69) is 25.1 Å². The summed E-state index contributed by atoms with van der Waals surface area (Å²) < 4.78 is 45.9. The van der Waals surface area contributed by atoms with E-state index in [1.54, 1.807) is 15.3 Å². The first-order chi connectivity index (χ1) is 16.0. The minimum absolute atomic E-state index is 0.109. The molecule has 1 aliphatic carbocycles. The number of nitrogens with zero attached hydrogens (tertiary/aromatic N) is 6. The standard InChI is InChI=1S/C22H24F3N7O/c1-13-27-18-7-6-17(29-20(18)31(13)11-9-23)16-8-10-32-19(16)12-26-22(30-32)28-14-2-4-15(5-3-14)33-21(24)25/h6-8,10,12,14-15,21H,2-5,9,11H2,1H3,(H,28,30)/t14-,15+. The van der Waals surface area contributed by atoms with Gasteiger partial charge in [-0.2, -0.15) is 8.78 Å². The summed E-state index contributed by atoms with van der Waals surface area (Å²) >= 11 is 0. The van der Waals surface area contributed by atoms with E-state index in [-0.39, 0.29) is 12.6 Å². The van der Waals surface area contributed by atoms with Crippen molar-refractivity contribution in [2.75, 3.05) is 12.0 Å². The lowest BCUT2D eigenvalue weighted by atomic mass is 9.93. The van der Waals surface area contributed by atoms with E-state index in [0.29, 0.717) is 37.3 Å². The average molecular weight is 459 g/mol. The summed E-state index contributed by atoms with van der Waals surface area (Å²) in [7, 11) is 0. The van der Waals surface area contributed by atoms with Gasteiger partial charge in [-0.05, 0) is 50.8 Å². The fourth-order valence-corrected chi connectivity index (χ4v) is 4.47. The number of aromatic nitrogens is 6. The number of hydrogen-bond donors (Lipinski definition) is 1. The number of ether oxygens (including phenoxy) is 1. The van der Waals surface area contributed by atoms with Crippen LogP contribution in [0.1, 0.15) is 31.5 Å². The van der Waals surface area contributed by atoms with Gasteiger partial charge in [-0.25, -0.2) is 23.9 Å². The van der Waals surface area contributed by atoms with Gasteiger partial charge in [0, 0.05) is 17.8 Å². The van der Waals surface area contributed by atoms with Crippen LogP contribution in [0.25, 0.3) is 27.9 Å². The zero-order chi connectivity index (χ0) is 22.9. The molecule has 33 heavy (non-hydrogen) atoms. The Bertz CT molecular complexity index is 1260. The predicted octanol–water partition coefficient (Wildman–Crippen LogP) is 4.38. The number of rotatable bonds is 7. The highest BCUT2D eigenvalue weighted by Gasteiger charge is 2.24. The van der Waals surface area contributed by atoms with Crippen LogP contribution in [0.2, 0.25) is 0 Å². The van der Waals surface area contributed by atoms with E-state index in [1.165, 1.54) is 0 Å². The second kappa shape index (κ2) is 8.97. The lowest BCUT2D eigenvalue weighted by molar-refractivity contribution is -0.169. The molecule has 0 aromatic carbocycles. The van der Waals surface area contributed by atoms with Crippen molar-refractivity contribution in [3.05, 3.63) is 36.4 Å². The topological polar surface area (TPSA) is 82.2 Å². The van der Waals surface area contributed by atoms with E-state index in [4.69, 9.17) is 4.98 Å².